The van der Waals surface area contributed by atoms with Gasteiger partial charge in [-0.3, -0.25) is 4.68 Å². The Balaban J connectivity index is 2.11. The van der Waals surface area contributed by atoms with Crippen molar-refractivity contribution in [2.75, 3.05) is 12.4 Å². The van der Waals surface area contributed by atoms with Crippen LogP contribution < -0.4 is 10.1 Å². The second kappa shape index (κ2) is 5.31. The van der Waals surface area contributed by atoms with Crippen molar-refractivity contribution in [3.8, 4) is 5.75 Å². The SMILES string of the molecule is COc1cccc(NCc2c(C)nn(C)c2Cl)c1. The Bertz CT molecular complexity index is 551. The first kappa shape index (κ1) is 12.8. The molecule has 1 aromatic heterocycles. The van der Waals surface area contributed by atoms with Crippen LogP contribution in [0.5, 0.6) is 5.75 Å². The van der Waals surface area contributed by atoms with Crippen LogP contribution in [-0.4, -0.2) is 16.9 Å². The van der Waals surface area contributed by atoms with Crippen LogP contribution in [0.25, 0.3) is 0 Å². The van der Waals surface area contributed by atoms with E-state index in [1.807, 2.05) is 38.2 Å². The number of methoxy groups -OCH3 is 1. The van der Waals surface area contributed by atoms with Crippen molar-refractivity contribution in [2.24, 2.45) is 7.05 Å². The van der Waals surface area contributed by atoms with Gasteiger partial charge in [0.2, 0.25) is 0 Å². The third-order valence-electron chi connectivity index (χ3n) is 2.81. The molecule has 5 heteroatoms. The second-order valence-electron chi connectivity index (χ2n) is 4.06. The van der Waals surface area contributed by atoms with E-state index in [-0.39, 0.29) is 0 Å². The van der Waals surface area contributed by atoms with Gasteiger partial charge in [0.1, 0.15) is 10.9 Å². The van der Waals surface area contributed by atoms with E-state index in [2.05, 4.69) is 10.4 Å². The molecule has 0 aliphatic heterocycles. The van der Waals surface area contributed by atoms with Gasteiger partial charge in [-0.05, 0) is 19.1 Å². The van der Waals surface area contributed by atoms with Crippen LogP contribution in [0.2, 0.25) is 5.15 Å². The third kappa shape index (κ3) is 2.59. The summed E-state index contributed by atoms with van der Waals surface area (Å²) >= 11 is 6.17. The van der Waals surface area contributed by atoms with Crippen LogP contribution >= 0.6 is 11.6 Å². The molecule has 0 bridgehead atoms. The molecule has 0 aliphatic carbocycles. The molecule has 0 radical (unpaired) electrons. The standard InChI is InChI=1S/C13H16ClN3O/c1-9-12(13(14)17(2)16-9)8-15-10-5-4-6-11(7-10)18-3/h4-7,15H,8H2,1-3H3. The first-order valence-electron chi connectivity index (χ1n) is 5.67. The van der Waals surface area contributed by atoms with Crippen LogP contribution in [0.1, 0.15) is 11.3 Å². The Hall–Kier alpha value is -1.68. The molecule has 0 spiro atoms. The molecular formula is C13H16ClN3O. The first-order valence-corrected chi connectivity index (χ1v) is 6.05. The lowest BCUT2D eigenvalue weighted by Crippen LogP contribution is -2.01. The third-order valence-corrected chi connectivity index (χ3v) is 3.28. The van der Waals surface area contributed by atoms with E-state index >= 15 is 0 Å². The average molecular weight is 266 g/mol. The topological polar surface area (TPSA) is 39.1 Å². The minimum atomic E-state index is 0.645. The van der Waals surface area contributed by atoms with E-state index in [0.717, 1.165) is 22.7 Å². The number of hydrogen-bond donors (Lipinski definition) is 1. The minimum Gasteiger partial charge on any atom is -0.497 e. The largest absolute Gasteiger partial charge is 0.497 e. The highest BCUT2D eigenvalue weighted by Crippen LogP contribution is 2.21. The molecule has 2 rings (SSSR count). The molecule has 0 atom stereocenters. The lowest BCUT2D eigenvalue weighted by atomic mass is 10.2. The molecule has 0 amide bonds. The zero-order valence-corrected chi connectivity index (χ0v) is 11.5. The summed E-state index contributed by atoms with van der Waals surface area (Å²) in [5, 5.41) is 8.26. The first-order chi connectivity index (χ1) is 8.61. The predicted octanol–water partition coefficient (Wildman–Crippen LogP) is 3.00. The molecule has 0 fully saturated rings. The number of aromatic nitrogens is 2. The fourth-order valence-electron chi connectivity index (χ4n) is 1.80. The highest BCUT2D eigenvalue weighted by atomic mass is 35.5. The van der Waals surface area contributed by atoms with Crippen molar-refractivity contribution in [3.63, 3.8) is 0 Å². The maximum Gasteiger partial charge on any atom is 0.131 e. The van der Waals surface area contributed by atoms with Gasteiger partial charge >= 0.3 is 0 Å². The summed E-state index contributed by atoms with van der Waals surface area (Å²) in [6, 6.07) is 7.79. The number of aryl methyl sites for hydroxylation is 2. The molecule has 1 aromatic carbocycles. The van der Waals surface area contributed by atoms with E-state index in [1.54, 1.807) is 11.8 Å². The quantitative estimate of drug-likeness (QED) is 0.924. The number of rotatable bonds is 4. The van der Waals surface area contributed by atoms with Crippen molar-refractivity contribution in [1.82, 2.24) is 9.78 Å². The number of hydrogen-bond acceptors (Lipinski definition) is 3. The van der Waals surface area contributed by atoms with E-state index in [1.165, 1.54) is 0 Å². The van der Waals surface area contributed by atoms with Crippen molar-refractivity contribution >= 4 is 17.3 Å². The molecule has 96 valence electrons. The molecular weight excluding hydrogens is 250 g/mol. The zero-order valence-electron chi connectivity index (χ0n) is 10.7. The minimum absolute atomic E-state index is 0.645. The number of nitrogens with one attached hydrogen (secondary N) is 1. The predicted molar refractivity (Wildman–Crippen MR) is 73.3 cm³/mol. The van der Waals surface area contributed by atoms with Gasteiger partial charge in [0.15, 0.2) is 0 Å². The van der Waals surface area contributed by atoms with Gasteiger partial charge in [-0.2, -0.15) is 5.10 Å². The number of halogens is 1. The van der Waals surface area contributed by atoms with Crippen LogP contribution in [0.15, 0.2) is 24.3 Å². The number of ether oxygens (including phenoxy) is 1. The van der Waals surface area contributed by atoms with E-state index < -0.39 is 0 Å². The summed E-state index contributed by atoms with van der Waals surface area (Å²) in [5.41, 5.74) is 2.95. The molecule has 4 nitrogen and oxygen atoms in total. The monoisotopic (exact) mass is 265 g/mol. The lowest BCUT2D eigenvalue weighted by Gasteiger charge is -2.08. The fourth-order valence-corrected chi connectivity index (χ4v) is 2.04. The van der Waals surface area contributed by atoms with E-state index in [9.17, 15) is 0 Å². The maximum absolute atomic E-state index is 6.17. The highest BCUT2D eigenvalue weighted by Gasteiger charge is 2.10. The van der Waals surface area contributed by atoms with Gasteiger partial charge in [-0.1, -0.05) is 17.7 Å². The number of benzene rings is 1. The summed E-state index contributed by atoms with van der Waals surface area (Å²) in [4.78, 5) is 0. The van der Waals surface area contributed by atoms with Crippen LogP contribution in [0.4, 0.5) is 5.69 Å². The van der Waals surface area contributed by atoms with Crippen molar-refractivity contribution in [1.29, 1.82) is 0 Å². The van der Waals surface area contributed by atoms with E-state index in [4.69, 9.17) is 16.3 Å². The zero-order chi connectivity index (χ0) is 13.1. The van der Waals surface area contributed by atoms with Crippen LogP contribution in [0, 0.1) is 6.92 Å². The molecule has 0 saturated heterocycles. The van der Waals surface area contributed by atoms with Gasteiger partial charge in [0, 0.05) is 30.9 Å². The van der Waals surface area contributed by atoms with E-state index in [0.29, 0.717) is 11.7 Å². The fraction of sp³-hybridized carbons (Fsp3) is 0.308. The van der Waals surface area contributed by atoms with Gasteiger partial charge in [0.25, 0.3) is 0 Å². The summed E-state index contributed by atoms with van der Waals surface area (Å²) in [5.74, 6) is 0.828. The molecule has 1 heterocycles. The summed E-state index contributed by atoms with van der Waals surface area (Å²) in [6.45, 7) is 2.60. The maximum atomic E-state index is 6.17. The summed E-state index contributed by atoms with van der Waals surface area (Å²) < 4.78 is 6.86. The molecule has 0 saturated carbocycles. The Morgan fingerprint density at radius 1 is 1.44 bits per heavy atom. The normalized spacial score (nSPS) is 10.4. The molecule has 0 aliphatic rings. The van der Waals surface area contributed by atoms with Crippen molar-refractivity contribution in [2.45, 2.75) is 13.5 Å². The van der Waals surface area contributed by atoms with Gasteiger partial charge < -0.3 is 10.1 Å². The van der Waals surface area contributed by atoms with Crippen LogP contribution in [0.3, 0.4) is 0 Å². The highest BCUT2D eigenvalue weighted by molar-refractivity contribution is 6.30. The average Bonchev–Trinajstić information content (AvgIpc) is 2.61. The van der Waals surface area contributed by atoms with Crippen LogP contribution in [-0.2, 0) is 13.6 Å². The molecule has 2 aromatic rings. The smallest absolute Gasteiger partial charge is 0.131 e. The summed E-state index contributed by atoms with van der Waals surface area (Å²) in [6.07, 6.45) is 0. The summed E-state index contributed by atoms with van der Waals surface area (Å²) in [7, 11) is 3.49. The Morgan fingerprint density at radius 3 is 2.83 bits per heavy atom. The van der Waals surface area contributed by atoms with Crippen molar-refractivity contribution in [3.05, 3.63) is 40.7 Å². The van der Waals surface area contributed by atoms with Crippen molar-refractivity contribution < 1.29 is 4.74 Å². The Labute approximate surface area is 112 Å². The molecule has 18 heavy (non-hydrogen) atoms. The Kier molecular flexibility index (Phi) is 3.77. The van der Waals surface area contributed by atoms with Gasteiger partial charge in [-0.25, -0.2) is 0 Å². The number of nitrogens with zero attached hydrogens (tertiary/aromatic N) is 2. The number of anilines is 1. The lowest BCUT2D eigenvalue weighted by molar-refractivity contribution is 0.415. The molecule has 1 N–H and O–H groups in total. The Morgan fingerprint density at radius 2 is 2.22 bits per heavy atom. The van der Waals surface area contributed by atoms with Gasteiger partial charge in [-0.15, -0.1) is 0 Å². The second-order valence-corrected chi connectivity index (χ2v) is 4.42. The van der Waals surface area contributed by atoms with Gasteiger partial charge in [0.05, 0.1) is 12.8 Å². The molecule has 0 unspecified atom stereocenters.